The predicted molar refractivity (Wildman–Crippen MR) is 106 cm³/mol. The third-order valence-electron chi connectivity index (χ3n) is 3.92. The van der Waals surface area contributed by atoms with Crippen molar-refractivity contribution in [2.45, 2.75) is 12.1 Å². The summed E-state index contributed by atoms with van der Waals surface area (Å²) in [4.78, 5) is 4.30. The third kappa shape index (κ3) is 5.28. The highest BCUT2D eigenvalue weighted by Gasteiger charge is 2.30. The first-order valence-corrected chi connectivity index (χ1v) is 7.73. The summed E-state index contributed by atoms with van der Waals surface area (Å²) in [5.74, 6) is 0. The van der Waals surface area contributed by atoms with Crippen LogP contribution in [0.3, 0.4) is 0 Å². The molecule has 3 nitrogen and oxygen atoms in total. The summed E-state index contributed by atoms with van der Waals surface area (Å²) >= 11 is 0. The zero-order valence-electron chi connectivity index (χ0n) is 13.7. The number of aromatic nitrogens is 1. The third-order valence-corrected chi connectivity index (χ3v) is 3.92. The SMILES string of the molecule is Cl.Cl.OC(CNCc1ccccn1)(c1ccccc1)c1ccccc1. The number of benzene rings is 2. The first-order valence-electron chi connectivity index (χ1n) is 7.73. The molecule has 0 amide bonds. The topological polar surface area (TPSA) is 45.1 Å². The van der Waals surface area contributed by atoms with Gasteiger partial charge in [-0.15, -0.1) is 24.8 Å². The number of halogens is 2. The van der Waals surface area contributed by atoms with Crippen molar-refractivity contribution in [2.24, 2.45) is 0 Å². The maximum Gasteiger partial charge on any atom is 0.127 e. The fourth-order valence-electron chi connectivity index (χ4n) is 2.67. The minimum atomic E-state index is -1.07. The molecule has 2 N–H and O–H groups in total. The van der Waals surface area contributed by atoms with Crippen molar-refractivity contribution in [3.63, 3.8) is 0 Å². The molecule has 1 aromatic heterocycles. The van der Waals surface area contributed by atoms with Crippen LogP contribution >= 0.6 is 24.8 Å². The van der Waals surface area contributed by atoms with Crippen molar-refractivity contribution >= 4 is 24.8 Å². The van der Waals surface area contributed by atoms with E-state index in [0.29, 0.717) is 13.1 Å². The second-order valence-electron chi connectivity index (χ2n) is 5.52. The molecule has 0 spiro atoms. The van der Waals surface area contributed by atoms with Gasteiger partial charge in [0.1, 0.15) is 5.60 Å². The van der Waals surface area contributed by atoms with Gasteiger partial charge in [0.2, 0.25) is 0 Å². The zero-order chi connectivity index (χ0) is 16.0. The summed E-state index contributed by atoms with van der Waals surface area (Å²) < 4.78 is 0. The van der Waals surface area contributed by atoms with E-state index in [-0.39, 0.29) is 24.8 Å². The summed E-state index contributed by atoms with van der Waals surface area (Å²) in [7, 11) is 0. The van der Waals surface area contributed by atoms with Gasteiger partial charge in [0, 0.05) is 19.3 Å². The summed E-state index contributed by atoms with van der Waals surface area (Å²) in [6.07, 6.45) is 1.78. The zero-order valence-corrected chi connectivity index (χ0v) is 15.3. The molecule has 1 heterocycles. The Balaban J connectivity index is 0.00000156. The van der Waals surface area contributed by atoms with Crippen LogP contribution in [0.1, 0.15) is 16.8 Å². The number of rotatable bonds is 6. The van der Waals surface area contributed by atoms with Crippen LogP contribution in [0, 0.1) is 0 Å². The highest BCUT2D eigenvalue weighted by atomic mass is 35.5. The Bertz CT molecular complexity index is 685. The van der Waals surface area contributed by atoms with Crippen LogP contribution in [0.4, 0.5) is 0 Å². The van der Waals surface area contributed by atoms with Gasteiger partial charge >= 0.3 is 0 Å². The Morgan fingerprint density at radius 2 is 1.28 bits per heavy atom. The molecule has 0 radical (unpaired) electrons. The molecule has 0 aliphatic carbocycles. The molecule has 0 bridgehead atoms. The van der Waals surface area contributed by atoms with Crippen molar-refractivity contribution in [3.05, 3.63) is 102 Å². The molecule has 0 saturated heterocycles. The number of pyridine rings is 1. The smallest absolute Gasteiger partial charge is 0.127 e. The number of hydrogen-bond acceptors (Lipinski definition) is 3. The van der Waals surface area contributed by atoms with E-state index in [1.54, 1.807) is 6.20 Å². The largest absolute Gasteiger partial charge is 0.379 e. The lowest BCUT2D eigenvalue weighted by molar-refractivity contribution is 0.0795. The van der Waals surface area contributed by atoms with Gasteiger partial charge < -0.3 is 10.4 Å². The van der Waals surface area contributed by atoms with Crippen molar-refractivity contribution in [3.8, 4) is 0 Å². The fourth-order valence-corrected chi connectivity index (χ4v) is 2.67. The van der Waals surface area contributed by atoms with E-state index >= 15 is 0 Å². The number of nitrogens with zero attached hydrogens (tertiary/aromatic N) is 1. The molecule has 0 fully saturated rings. The maximum atomic E-state index is 11.3. The minimum Gasteiger partial charge on any atom is -0.379 e. The highest BCUT2D eigenvalue weighted by Crippen LogP contribution is 2.28. The van der Waals surface area contributed by atoms with Gasteiger partial charge in [0.05, 0.1) is 5.69 Å². The van der Waals surface area contributed by atoms with Crippen LogP contribution in [-0.2, 0) is 12.1 Å². The lowest BCUT2D eigenvalue weighted by Gasteiger charge is -2.30. The van der Waals surface area contributed by atoms with Crippen LogP contribution in [0.15, 0.2) is 85.1 Å². The quantitative estimate of drug-likeness (QED) is 0.684. The van der Waals surface area contributed by atoms with Crippen molar-refractivity contribution in [1.29, 1.82) is 0 Å². The van der Waals surface area contributed by atoms with E-state index < -0.39 is 5.60 Å². The molecular formula is C20H22Cl2N2O. The predicted octanol–water partition coefficient (Wildman–Crippen LogP) is 3.95. The second kappa shape index (κ2) is 10.2. The van der Waals surface area contributed by atoms with Crippen LogP contribution in [0.5, 0.6) is 0 Å². The lowest BCUT2D eigenvalue weighted by atomic mass is 9.86. The van der Waals surface area contributed by atoms with E-state index in [2.05, 4.69) is 10.3 Å². The van der Waals surface area contributed by atoms with Crippen molar-refractivity contribution in [1.82, 2.24) is 10.3 Å². The van der Waals surface area contributed by atoms with Gasteiger partial charge in [-0.25, -0.2) is 0 Å². The Kier molecular flexibility index (Phi) is 8.59. The Morgan fingerprint density at radius 3 is 1.76 bits per heavy atom. The molecule has 132 valence electrons. The van der Waals surface area contributed by atoms with Crippen LogP contribution < -0.4 is 5.32 Å². The molecule has 2 aromatic carbocycles. The number of aliphatic hydroxyl groups is 1. The highest BCUT2D eigenvalue weighted by molar-refractivity contribution is 5.85. The molecule has 5 heteroatoms. The van der Waals surface area contributed by atoms with E-state index in [4.69, 9.17) is 0 Å². The molecule has 0 saturated carbocycles. The number of hydrogen-bond donors (Lipinski definition) is 2. The van der Waals surface area contributed by atoms with E-state index in [0.717, 1.165) is 16.8 Å². The Morgan fingerprint density at radius 1 is 0.760 bits per heavy atom. The first kappa shape index (κ1) is 21.1. The molecule has 0 unspecified atom stereocenters. The molecule has 3 aromatic rings. The molecule has 0 aliphatic rings. The van der Waals surface area contributed by atoms with Gasteiger partial charge in [0.25, 0.3) is 0 Å². The molecule has 3 rings (SSSR count). The summed E-state index contributed by atoms with van der Waals surface area (Å²) in [5, 5.41) is 14.7. The first-order chi connectivity index (χ1) is 11.3. The maximum absolute atomic E-state index is 11.3. The lowest BCUT2D eigenvalue weighted by Crippen LogP contribution is -2.39. The van der Waals surface area contributed by atoms with Crippen LogP contribution in [0.2, 0.25) is 0 Å². The van der Waals surface area contributed by atoms with E-state index in [1.807, 2.05) is 78.9 Å². The molecule has 25 heavy (non-hydrogen) atoms. The van der Waals surface area contributed by atoms with E-state index in [1.165, 1.54) is 0 Å². The van der Waals surface area contributed by atoms with Gasteiger partial charge in [-0.1, -0.05) is 66.7 Å². The minimum absolute atomic E-state index is 0. The second-order valence-corrected chi connectivity index (χ2v) is 5.52. The summed E-state index contributed by atoms with van der Waals surface area (Å²) in [6.45, 7) is 1.03. The summed E-state index contributed by atoms with van der Waals surface area (Å²) in [6, 6.07) is 25.3. The molecule has 0 aliphatic heterocycles. The Hall–Kier alpha value is -1.91. The van der Waals surface area contributed by atoms with Gasteiger partial charge in [-0.2, -0.15) is 0 Å². The standard InChI is InChI=1S/C20H20N2O.2ClH/c23-20(17-9-3-1-4-10-17,18-11-5-2-6-12-18)16-21-15-19-13-7-8-14-22-19;;/h1-14,21,23H,15-16H2;2*1H. The van der Waals surface area contributed by atoms with Gasteiger partial charge in [-0.3, -0.25) is 4.98 Å². The normalized spacial score (nSPS) is 10.4. The monoisotopic (exact) mass is 376 g/mol. The van der Waals surface area contributed by atoms with Crippen molar-refractivity contribution in [2.75, 3.05) is 6.54 Å². The average Bonchev–Trinajstić information content (AvgIpc) is 2.64. The number of nitrogens with one attached hydrogen (secondary N) is 1. The van der Waals surface area contributed by atoms with Crippen molar-refractivity contribution < 1.29 is 5.11 Å². The molecule has 0 atom stereocenters. The van der Waals surface area contributed by atoms with Crippen LogP contribution in [0.25, 0.3) is 0 Å². The summed E-state index contributed by atoms with van der Waals surface area (Å²) in [5.41, 5.74) is 1.63. The van der Waals surface area contributed by atoms with Gasteiger partial charge in [0.15, 0.2) is 0 Å². The fraction of sp³-hybridized carbons (Fsp3) is 0.150. The van der Waals surface area contributed by atoms with E-state index in [9.17, 15) is 5.11 Å². The van der Waals surface area contributed by atoms with Gasteiger partial charge in [-0.05, 0) is 23.3 Å². The average molecular weight is 377 g/mol. The Labute approximate surface area is 161 Å². The van der Waals surface area contributed by atoms with Crippen LogP contribution in [-0.4, -0.2) is 16.6 Å². The molecular weight excluding hydrogens is 355 g/mol.